The van der Waals surface area contributed by atoms with Gasteiger partial charge in [0.15, 0.2) is 0 Å². The molecule has 4 rings (SSSR count). The molecule has 0 atom stereocenters. The van der Waals surface area contributed by atoms with Crippen LogP contribution in [0.4, 0.5) is 0 Å². The van der Waals surface area contributed by atoms with Crippen LogP contribution in [0.1, 0.15) is 6.42 Å². The lowest BCUT2D eigenvalue weighted by atomic mass is 10.1. The van der Waals surface area contributed by atoms with Crippen LogP contribution < -0.4 is 21.2 Å². The van der Waals surface area contributed by atoms with Gasteiger partial charge in [0.25, 0.3) is 11.1 Å². The van der Waals surface area contributed by atoms with Crippen molar-refractivity contribution in [3.05, 3.63) is 88.0 Å². The number of hydrogen-bond acceptors (Lipinski definition) is 6. The normalized spacial score (nSPS) is 10.8. The topological polar surface area (TPSA) is 108 Å². The molecule has 9 heteroatoms. The first-order valence-corrected chi connectivity index (χ1v) is 10.5. The molecule has 1 amide bonds. The van der Waals surface area contributed by atoms with Crippen LogP contribution in [0.2, 0.25) is 0 Å². The average molecular weight is 445 g/mol. The Bertz CT molecular complexity index is 1390. The molecule has 0 aliphatic heterocycles. The molecular weight excluding hydrogens is 422 g/mol. The molecule has 2 aromatic heterocycles. The molecule has 0 saturated heterocycles. The standard InChI is InChI=1S/C24H23N5O4/c1-33-18-8-6-17(7-9-18)21-14-23(31)28(15-27-21)13-11-25-22(30)10-12-29-16-26-20-5-3-2-4-19(20)24(29)32/h2-9,14-16H,10-13H2,1H3,(H,25,30). The van der Waals surface area contributed by atoms with Gasteiger partial charge in [-0.25, -0.2) is 9.97 Å². The lowest BCUT2D eigenvalue weighted by Crippen LogP contribution is -2.32. The predicted molar refractivity (Wildman–Crippen MR) is 124 cm³/mol. The van der Waals surface area contributed by atoms with Crippen molar-refractivity contribution in [3.8, 4) is 17.0 Å². The molecule has 0 saturated carbocycles. The Morgan fingerprint density at radius 1 is 0.970 bits per heavy atom. The van der Waals surface area contributed by atoms with E-state index >= 15 is 0 Å². The molecular formula is C24H23N5O4. The zero-order valence-electron chi connectivity index (χ0n) is 18.1. The van der Waals surface area contributed by atoms with Crippen molar-refractivity contribution in [1.29, 1.82) is 0 Å². The van der Waals surface area contributed by atoms with Crippen molar-refractivity contribution in [2.45, 2.75) is 19.5 Å². The number of rotatable bonds is 8. The van der Waals surface area contributed by atoms with Gasteiger partial charge in [-0.2, -0.15) is 0 Å². The SMILES string of the molecule is COc1ccc(-c2cc(=O)n(CCNC(=O)CCn3cnc4ccccc4c3=O)cn2)cc1. The van der Waals surface area contributed by atoms with Crippen LogP contribution in [-0.4, -0.2) is 38.7 Å². The van der Waals surface area contributed by atoms with Crippen molar-refractivity contribution in [1.82, 2.24) is 24.4 Å². The number of amides is 1. The fraction of sp³-hybridized carbons (Fsp3) is 0.208. The minimum Gasteiger partial charge on any atom is -0.497 e. The first kappa shape index (κ1) is 21.9. The second kappa shape index (κ2) is 9.90. The quantitative estimate of drug-likeness (QED) is 0.443. The maximum absolute atomic E-state index is 12.5. The maximum Gasteiger partial charge on any atom is 0.261 e. The summed E-state index contributed by atoms with van der Waals surface area (Å²) in [6.07, 6.45) is 3.05. The Morgan fingerprint density at radius 3 is 2.48 bits per heavy atom. The lowest BCUT2D eigenvalue weighted by Gasteiger charge is -2.09. The highest BCUT2D eigenvalue weighted by Gasteiger charge is 2.07. The molecule has 2 heterocycles. The number of nitrogens with one attached hydrogen (secondary N) is 1. The van der Waals surface area contributed by atoms with E-state index in [4.69, 9.17) is 4.74 Å². The number of ether oxygens (including phenoxy) is 1. The third-order valence-electron chi connectivity index (χ3n) is 5.25. The molecule has 0 fully saturated rings. The summed E-state index contributed by atoms with van der Waals surface area (Å²) in [5.74, 6) is 0.510. The third kappa shape index (κ3) is 5.15. The molecule has 2 aromatic carbocycles. The van der Waals surface area contributed by atoms with Gasteiger partial charge in [0.2, 0.25) is 5.91 Å². The van der Waals surface area contributed by atoms with Gasteiger partial charge in [0.1, 0.15) is 5.75 Å². The molecule has 0 spiro atoms. The van der Waals surface area contributed by atoms with Crippen LogP contribution >= 0.6 is 0 Å². The van der Waals surface area contributed by atoms with E-state index in [1.54, 1.807) is 37.4 Å². The van der Waals surface area contributed by atoms with Gasteiger partial charge in [-0.05, 0) is 36.4 Å². The minimum absolute atomic E-state index is 0.128. The van der Waals surface area contributed by atoms with Crippen molar-refractivity contribution >= 4 is 16.8 Å². The van der Waals surface area contributed by atoms with Gasteiger partial charge in [-0.15, -0.1) is 0 Å². The molecule has 9 nitrogen and oxygen atoms in total. The van der Waals surface area contributed by atoms with Crippen molar-refractivity contribution in [2.75, 3.05) is 13.7 Å². The Kier molecular flexibility index (Phi) is 6.58. The van der Waals surface area contributed by atoms with Crippen LogP contribution in [0.3, 0.4) is 0 Å². The average Bonchev–Trinajstić information content (AvgIpc) is 2.85. The van der Waals surface area contributed by atoms with Gasteiger partial charge < -0.3 is 10.1 Å². The summed E-state index contributed by atoms with van der Waals surface area (Å²) in [6.45, 7) is 0.783. The minimum atomic E-state index is -0.217. The maximum atomic E-state index is 12.5. The first-order valence-electron chi connectivity index (χ1n) is 10.5. The summed E-state index contributed by atoms with van der Waals surface area (Å²) >= 11 is 0. The fourth-order valence-electron chi connectivity index (χ4n) is 3.41. The van der Waals surface area contributed by atoms with E-state index < -0.39 is 0 Å². The zero-order chi connectivity index (χ0) is 23.2. The van der Waals surface area contributed by atoms with E-state index in [-0.39, 0.29) is 43.1 Å². The second-order valence-corrected chi connectivity index (χ2v) is 7.39. The first-order chi connectivity index (χ1) is 16.0. The Morgan fingerprint density at radius 2 is 1.73 bits per heavy atom. The van der Waals surface area contributed by atoms with Gasteiger partial charge in [0.05, 0.1) is 36.4 Å². The van der Waals surface area contributed by atoms with Crippen molar-refractivity contribution in [2.24, 2.45) is 0 Å². The number of aromatic nitrogens is 4. The van der Waals surface area contributed by atoms with E-state index in [9.17, 15) is 14.4 Å². The summed E-state index contributed by atoms with van der Waals surface area (Å²) in [5.41, 5.74) is 1.62. The Balaban J connectivity index is 1.30. The number of fused-ring (bicyclic) bond motifs is 1. The van der Waals surface area contributed by atoms with E-state index in [1.165, 1.54) is 27.9 Å². The Labute approximate surface area is 189 Å². The largest absolute Gasteiger partial charge is 0.497 e. The summed E-state index contributed by atoms with van der Waals surface area (Å²) in [5, 5.41) is 3.29. The fourth-order valence-corrected chi connectivity index (χ4v) is 3.41. The van der Waals surface area contributed by atoms with E-state index in [2.05, 4.69) is 15.3 Å². The Hall–Kier alpha value is -4.27. The van der Waals surface area contributed by atoms with E-state index in [0.29, 0.717) is 16.6 Å². The van der Waals surface area contributed by atoms with Crippen LogP contribution in [0.5, 0.6) is 5.75 Å². The molecule has 0 bridgehead atoms. The highest BCUT2D eigenvalue weighted by atomic mass is 16.5. The number of hydrogen-bond donors (Lipinski definition) is 1. The number of para-hydroxylation sites is 1. The zero-order valence-corrected chi connectivity index (χ0v) is 18.1. The van der Waals surface area contributed by atoms with Gasteiger partial charge >= 0.3 is 0 Å². The highest BCUT2D eigenvalue weighted by molar-refractivity contribution is 5.77. The second-order valence-electron chi connectivity index (χ2n) is 7.39. The highest BCUT2D eigenvalue weighted by Crippen LogP contribution is 2.19. The third-order valence-corrected chi connectivity index (χ3v) is 5.25. The van der Waals surface area contributed by atoms with Crippen LogP contribution in [0.25, 0.3) is 22.2 Å². The molecule has 33 heavy (non-hydrogen) atoms. The van der Waals surface area contributed by atoms with Crippen LogP contribution in [0, 0.1) is 0 Å². The number of benzene rings is 2. The van der Waals surface area contributed by atoms with Crippen molar-refractivity contribution in [3.63, 3.8) is 0 Å². The summed E-state index contributed by atoms with van der Waals surface area (Å²) in [6, 6.07) is 15.8. The smallest absolute Gasteiger partial charge is 0.261 e. The number of methoxy groups -OCH3 is 1. The number of aryl methyl sites for hydroxylation is 1. The number of nitrogens with zero attached hydrogens (tertiary/aromatic N) is 4. The summed E-state index contributed by atoms with van der Waals surface area (Å²) < 4.78 is 8.00. The monoisotopic (exact) mass is 445 g/mol. The lowest BCUT2D eigenvalue weighted by molar-refractivity contribution is -0.121. The van der Waals surface area contributed by atoms with Crippen LogP contribution in [0.15, 0.2) is 76.8 Å². The van der Waals surface area contributed by atoms with Gasteiger partial charge in [-0.1, -0.05) is 12.1 Å². The van der Waals surface area contributed by atoms with Crippen molar-refractivity contribution < 1.29 is 9.53 Å². The van der Waals surface area contributed by atoms with E-state index in [1.807, 2.05) is 18.2 Å². The molecule has 0 radical (unpaired) electrons. The van der Waals surface area contributed by atoms with Gasteiger partial charge in [-0.3, -0.25) is 23.5 Å². The summed E-state index contributed by atoms with van der Waals surface area (Å²) in [4.78, 5) is 45.7. The van der Waals surface area contributed by atoms with Crippen LogP contribution in [-0.2, 0) is 17.9 Å². The molecule has 168 valence electrons. The molecule has 0 unspecified atom stereocenters. The number of carbonyl (C=O) groups excluding carboxylic acids is 1. The molecule has 4 aromatic rings. The van der Waals surface area contributed by atoms with Gasteiger partial charge in [0, 0.05) is 37.7 Å². The number of carbonyl (C=O) groups is 1. The molecule has 1 N–H and O–H groups in total. The molecule has 0 aliphatic carbocycles. The predicted octanol–water partition coefficient (Wildman–Crippen LogP) is 1.84. The van der Waals surface area contributed by atoms with E-state index in [0.717, 1.165) is 11.3 Å². The molecule has 0 aliphatic rings. The summed E-state index contributed by atoms with van der Waals surface area (Å²) in [7, 11) is 1.59.